The van der Waals surface area contributed by atoms with Gasteiger partial charge in [0.1, 0.15) is 18.4 Å². The Hall–Kier alpha value is -3.07. The first-order valence-corrected chi connectivity index (χ1v) is 7.10. The average molecular weight is 311 g/mol. The van der Waals surface area contributed by atoms with Crippen molar-refractivity contribution in [3.63, 3.8) is 0 Å². The Kier molecular flexibility index (Phi) is 5.15. The van der Waals surface area contributed by atoms with Gasteiger partial charge in [-0.1, -0.05) is 12.1 Å². The van der Waals surface area contributed by atoms with Crippen LogP contribution in [0, 0.1) is 28.4 Å². The number of nitrogens with zero attached hydrogens (tertiary/aromatic N) is 3. The molecule has 6 nitrogen and oxygen atoms in total. The molecule has 0 aliphatic heterocycles. The maximum absolute atomic E-state index is 10.8. The fraction of sp³-hybridized carbons (Fsp3) is 0.235. The van der Waals surface area contributed by atoms with Crippen LogP contribution in [0.15, 0.2) is 42.5 Å². The molecule has 0 N–H and O–H groups in total. The number of ether oxygens (including phenoxy) is 1. The van der Waals surface area contributed by atoms with Crippen molar-refractivity contribution in [2.24, 2.45) is 0 Å². The topological polar surface area (TPSA) is 79.4 Å². The Balaban J connectivity index is 2.02. The van der Waals surface area contributed by atoms with Gasteiger partial charge >= 0.3 is 0 Å². The van der Waals surface area contributed by atoms with Crippen molar-refractivity contribution in [2.75, 3.05) is 25.1 Å². The Bertz CT molecular complexity index is 753. The van der Waals surface area contributed by atoms with Gasteiger partial charge < -0.3 is 9.64 Å². The van der Waals surface area contributed by atoms with Gasteiger partial charge in [-0.05, 0) is 30.7 Å². The Morgan fingerprint density at radius 2 is 2.09 bits per heavy atom. The maximum Gasteiger partial charge on any atom is 0.270 e. The summed E-state index contributed by atoms with van der Waals surface area (Å²) in [5.74, 6) is 0.794. The summed E-state index contributed by atoms with van der Waals surface area (Å²) in [7, 11) is 1.82. The fourth-order valence-electron chi connectivity index (χ4n) is 2.19. The molecule has 0 atom stereocenters. The second kappa shape index (κ2) is 7.27. The Morgan fingerprint density at radius 1 is 1.30 bits per heavy atom. The van der Waals surface area contributed by atoms with Gasteiger partial charge in [0.05, 0.1) is 22.7 Å². The van der Waals surface area contributed by atoms with Gasteiger partial charge in [0.25, 0.3) is 5.69 Å². The van der Waals surface area contributed by atoms with Crippen LogP contribution in [-0.2, 0) is 0 Å². The molecule has 0 amide bonds. The zero-order chi connectivity index (χ0) is 16.8. The standard InChI is InChI=1S/C17H17N3O3/c1-13-4-3-5-16(10-13)23-9-8-19(2)17-7-6-15(20(21)22)11-14(17)12-18/h3-7,10-11H,8-9H2,1-2H3. The molecule has 0 heterocycles. The second-order valence-corrected chi connectivity index (χ2v) is 5.16. The summed E-state index contributed by atoms with van der Waals surface area (Å²) in [4.78, 5) is 12.1. The van der Waals surface area contributed by atoms with E-state index in [4.69, 9.17) is 4.74 Å². The molecule has 0 saturated carbocycles. The number of aryl methyl sites for hydroxylation is 1. The summed E-state index contributed by atoms with van der Waals surface area (Å²) in [5.41, 5.74) is 1.95. The molecule has 6 heteroatoms. The molecule has 2 rings (SSSR count). The molecule has 0 aliphatic carbocycles. The number of nitro benzene ring substituents is 1. The lowest BCUT2D eigenvalue weighted by Gasteiger charge is -2.20. The van der Waals surface area contributed by atoms with Crippen molar-refractivity contribution < 1.29 is 9.66 Å². The van der Waals surface area contributed by atoms with Crippen molar-refractivity contribution in [1.82, 2.24) is 0 Å². The molecule has 23 heavy (non-hydrogen) atoms. The SMILES string of the molecule is Cc1cccc(OCCN(C)c2ccc([N+](=O)[O-])cc2C#N)c1. The van der Waals surface area contributed by atoms with Gasteiger partial charge in [0.15, 0.2) is 0 Å². The fourth-order valence-corrected chi connectivity index (χ4v) is 2.19. The van der Waals surface area contributed by atoms with E-state index < -0.39 is 4.92 Å². The smallest absolute Gasteiger partial charge is 0.270 e. The van der Waals surface area contributed by atoms with Crippen molar-refractivity contribution in [1.29, 1.82) is 5.26 Å². The van der Waals surface area contributed by atoms with E-state index in [0.29, 0.717) is 18.8 Å². The first-order valence-electron chi connectivity index (χ1n) is 7.10. The summed E-state index contributed by atoms with van der Waals surface area (Å²) in [6.07, 6.45) is 0. The largest absolute Gasteiger partial charge is 0.492 e. The highest BCUT2D eigenvalue weighted by atomic mass is 16.6. The lowest BCUT2D eigenvalue weighted by molar-refractivity contribution is -0.384. The van der Waals surface area contributed by atoms with Crippen LogP contribution < -0.4 is 9.64 Å². The first kappa shape index (κ1) is 16.3. The van der Waals surface area contributed by atoms with E-state index >= 15 is 0 Å². The summed E-state index contributed by atoms with van der Waals surface area (Å²) < 4.78 is 5.68. The molecule has 2 aromatic carbocycles. The Labute approximate surface area is 134 Å². The number of hydrogen-bond acceptors (Lipinski definition) is 5. The van der Waals surface area contributed by atoms with Gasteiger partial charge in [-0.15, -0.1) is 0 Å². The molecule has 0 saturated heterocycles. The van der Waals surface area contributed by atoms with E-state index in [9.17, 15) is 15.4 Å². The van der Waals surface area contributed by atoms with E-state index in [-0.39, 0.29) is 11.3 Å². The van der Waals surface area contributed by atoms with Crippen molar-refractivity contribution in [3.8, 4) is 11.8 Å². The molecule has 0 spiro atoms. The van der Waals surface area contributed by atoms with Crippen LogP contribution in [0.1, 0.15) is 11.1 Å². The molecular weight excluding hydrogens is 294 g/mol. The minimum absolute atomic E-state index is 0.0882. The van der Waals surface area contributed by atoms with E-state index in [1.165, 1.54) is 12.1 Å². The number of likely N-dealkylation sites (N-methyl/N-ethyl adjacent to an activating group) is 1. The monoisotopic (exact) mass is 311 g/mol. The zero-order valence-electron chi connectivity index (χ0n) is 13.0. The van der Waals surface area contributed by atoms with Gasteiger partial charge in [-0.25, -0.2) is 0 Å². The van der Waals surface area contributed by atoms with Crippen molar-refractivity contribution >= 4 is 11.4 Å². The maximum atomic E-state index is 10.8. The van der Waals surface area contributed by atoms with Crippen LogP contribution >= 0.6 is 0 Å². The van der Waals surface area contributed by atoms with E-state index in [2.05, 4.69) is 0 Å². The highest BCUT2D eigenvalue weighted by molar-refractivity contribution is 5.62. The number of nitriles is 1. The molecule has 0 fully saturated rings. The Morgan fingerprint density at radius 3 is 2.74 bits per heavy atom. The quantitative estimate of drug-likeness (QED) is 0.604. The van der Waals surface area contributed by atoms with Crippen LogP contribution in [0.4, 0.5) is 11.4 Å². The molecule has 0 radical (unpaired) electrons. The minimum atomic E-state index is -0.508. The average Bonchev–Trinajstić information content (AvgIpc) is 2.54. The lowest BCUT2D eigenvalue weighted by Crippen LogP contribution is -2.24. The normalized spacial score (nSPS) is 9.96. The van der Waals surface area contributed by atoms with Gasteiger partial charge in [0, 0.05) is 19.2 Å². The van der Waals surface area contributed by atoms with Crippen LogP contribution in [0.3, 0.4) is 0 Å². The molecule has 118 valence electrons. The third-order valence-electron chi connectivity index (χ3n) is 3.41. The van der Waals surface area contributed by atoms with Crippen LogP contribution in [0.25, 0.3) is 0 Å². The number of benzene rings is 2. The highest BCUT2D eigenvalue weighted by Crippen LogP contribution is 2.24. The lowest BCUT2D eigenvalue weighted by atomic mass is 10.1. The third kappa shape index (κ3) is 4.20. The predicted octanol–water partition coefficient (Wildman–Crippen LogP) is 3.29. The second-order valence-electron chi connectivity index (χ2n) is 5.16. The molecular formula is C17H17N3O3. The number of rotatable bonds is 6. The van der Waals surface area contributed by atoms with Gasteiger partial charge in [-0.3, -0.25) is 10.1 Å². The molecule has 0 aromatic heterocycles. The number of nitro groups is 1. The summed E-state index contributed by atoms with van der Waals surface area (Å²) in [6.45, 7) is 3.00. The van der Waals surface area contributed by atoms with Crippen LogP contribution in [0.5, 0.6) is 5.75 Å². The molecule has 0 bridgehead atoms. The zero-order valence-corrected chi connectivity index (χ0v) is 13.0. The van der Waals surface area contributed by atoms with E-state index in [1.54, 1.807) is 6.07 Å². The number of hydrogen-bond donors (Lipinski definition) is 0. The number of anilines is 1. The number of non-ortho nitro benzene ring substituents is 1. The summed E-state index contributed by atoms with van der Waals surface area (Å²) >= 11 is 0. The third-order valence-corrected chi connectivity index (χ3v) is 3.41. The highest BCUT2D eigenvalue weighted by Gasteiger charge is 2.13. The predicted molar refractivity (Wildman–Crippen MR) is 87.8 cm³/mol. The van der Waals surface area contributed by atoms with Crippen LogP contribution in [0.2, 0.25) is 0 Å². The summed E-state index contributed by atoms with van der Waals surface area (Å²) in [5, 5.41) is 19.9. The van der Waals surface area contributed by atoms with E-state index in [1.807, 2.05) is 49.2 Å². The van der Waals surface area contributed by atoms with E-state index in [0.717, 1.165) is 11.3 Å². The minimum Gasteiger partial charge on any atom is -0.492 e. The van der Waals surface area contributed by atoms with Crippen LogP contribution in [-0.4, -0.2) is 25.1 Å². The first-order chi connectivity index (χ1) is 11.0. The van der Waals surface area contributed by atoms with Crippen molar-refractivity contribution in [2.45, 2.75) is 6.92 Å². The van der Waals surface area contributed by atoms with Gasteiger partial charge in [0.2, 0.25) is 0 Å². The van der Waals surface area contributed by atoms with Gasteiger partial charge in [-0.2, -0.15) is 5.26 Å². The summed E-state index contributed by atoms with van der Waals surface area (Å²) in [6, 6.07) is 14.0. The molecule has 0 unspecified atom stereocenters. The molecule has 0 aliphatic rings. The molecule has 2 aromatic rings. The van der Waals surface area contributed by atoms with Crippen molar-refractivity contribution in [3.05, 3.63) is 63.7 Å².